The van der Waals surface area contributed by atoms with E-state index in [-0.39, 0.29) is 5.69 Å². The maximum absolute atomic E-state index is 13.1. The molecule has 0 radical (unpaired) electrons. The lowest BCUT2D eigenvalue weighted by Crippen LogP contribution is -2.24. The molecule has 1 saturated carbocycles. The molecule has 28 heavy (non-hydrogen) atoms. The van der Waals surface area contributed by atoms with Crippen LogP contribution in [0.2, 0.25) is 5.02 Å². The van der Waals surface area contributed by atoms with E-state index in [0.717, 1.165) is 27.9 Å². The number of nitrogens with zero attached hydrogens (tertiary/aromatic N) is 3. The Morgan fingerprint density at radius 2 is 2.04 bits per heavy atom. The van der Waals surface area contributed by atoms with E-state index in [9.17, 15) is 4.79 Å². The van der Waals surface area contributed by atoms with Gasteiger partial charge in [0.15, 0.2) is 0 Å². The summed E-state index contributed by atoms with van der Waals surface area (Å²) in [5.41, 5.74) is 4.85. The predicted octanol–water partition coefficient (Wildman–Crippen LogP) is 4.80. The van der Waals surface area contributed by atoms with Gasteiger partial charge in [-0.2, -0.15) is 4.98 Å². The highest BCUT2D eigenvalue weighted by molar-refractivity contribution is 6.32. The van der Waals surface area contributed by atoms with Crippen LogP contribution in [0.25, 0.3) is 16.6 Å². The zero-order valence-corrected chi connectivity index (χ0v) is 16.1. The average Bonchev–Trinajstić information content (AvgIpc) is 3.46. The smallest absolute Gasteiger partial charge is 0.352 e. The molecule has 1 fully saturated rings. The third kappa shape index (κ3) is 2.92. The Morgan fingerprint density at radius 3 is 2.75 bits per heavy atom. The molecule has 2 aromatic carbocycles. The third-order valence-corrected chi connectivity index (χ3v) is 5.66. The third-order valence-electron chi connectivity index (χ3n) is 5.34. The van der Waals surface area contributed by atoms with Crippen LogP contribution in [0.1, 0.15) is 41.3 Å². The van der Waals surface area contributed by atoms with Crippen LogP contribution in [-0.4, -0.2) is 14.7 Å². The Hall–Kier alpha value is -2.92. The molecule has 2 heterocycles. The Morgan fingerprint density at radius 1 is 1.21 bits per heavy atom. The standard InChI is InChI=1S/C22H18ClN3O2/c1-13-16(12-28-25-13)10-19-17-9-8-15(14-6-7-14)11-21(17)26(22(27)24-19)20-5-3-2-4-18(20)23/h2-5,8-9,11-12,14H,6-7,10H2,1H3. The minimum atomic E-state index is -0.336. The first-order valence-corrected chi connectivity index (χ1v) is 9.70. The van der Waals surface area contributed by atoms with E-state index >= 15 is 0 Å². The monoisotopic (exact) mass is 391 g/mol. The van der Waals surface area contributed by atoms with Crippen molar-refractivity contribution in [1.82, 2.24) is 14.7 Å². The van der Waals surface area contributed by atoms with Gasteiger partial charge in [-0.05, 0) is 49.4 Å². The van der Waals surface area contributed by atoms with E-state index in [0.29, 0.717) is 23.0 Å². The second-order valence-electron chi connectivity index (χ2n) is 7.28. The number of hydrogen-bond donors (Lipinski definition) is 0. The maximum Gasteiger partial charge on any atom is 0.352 e. The van der Waals surface area contributed by atoms with Gasteiger partial charge >= 0.3 is 5.69 Å². The largest absolute Gasteiger partial charge is 0.364 e. The fraction of sp³-hybridized carbons (Fsp3) is 0.227. The molecule has 1 aliphatic carbocycles. The molecular formula is C22H18ClN3O2. The minimum Gasteiger partial charge on any atom is -0.364 e. The summed E-state index contributed by atoms with van der Waals surface area (Å²) in [6, 6.07) is 13.7. The number of halogens is 1. The van der Waals surface area contributed by atoms with Gasteiger partial charge in [0.25, 0.3) is 0 Å². The van der Waals surface area contributed by atoms with E-state index in [1.807, 2.05) is 25.1 Å². The summed E-state index contributed by atoms with van der Waals surface area (Å²) >= 11 is 6.41. The van der Waals surface area contributed by atoms with Gasteiger partial charge in [-0.1, -0.05) is 41.0 Å². The number of benzene rings is 2. The molecule has 2 aromatic heterocycles. The Labute approximate surface area is 166 Å². The molecule has 4 aromatic rings. The van der Waals surface area contributed by atoms with Gasteiger partial charge in [0.1, 0.15) is 6.26 Å². The number of para-hydroxylation sites is 1. The van der Waals surface area contributed by atoms with Crippen LogP contribution in [0.4, 0.5) is 0 Å². The molecule has 0 atom stereocenters. The van der Waals surface area contributed by atoms with E-state index < -0.39 is 0 Å². The van der Waals surface area contributed by atoms with E-state index in [1.165, 1.54) is 18.4 Å². The van der Waals surface area contributed by atoms with Crippen molar-refractivity contribution in [3.8, 4) is 5.69 Å². The summed E-state index contributed by atoms with van der Waals surface area (Å²) in [7, 11) is 0. The lowest BCUT2D eigenvalue weighted by Gasteiger charge is -2.15. The van der Waals surface area contributed by atoms with Gasteiger partial charge in [0, 0.05) is 17.4 Å². The number of aryl methyl sites for hydroxylation is 1. The fourth-order valence-corrected chi connectivity index (χ4v) is 3.86. The van der Waals surface area contributed by atoms with Crippen LogP contribution >= 0.6 is 11.6 Å². The summed E-state index contributed by atoms with van der Waals surface area (Å²) in [5.74, 6) is 0.580. The lowest BCUT2D eigenvalue weighted by molar-refractivity contribution is 0.414. The first-order valence-electron chi connectivity index (χ1n) is 9.32. The van der Waals surface area contributed by atoms with Crippen LogP contribution in [-0.2, 0) is 6.42 Å². The summed E-state index contributed by atoms with van der Waals surface area (Å²) < 4.78 is 6.67. The molecule has 5 rings (SSSR count). The molecule has 5 nitrogen and oxygen atoms in total. The summed E-state index contributed by atoms with van der Waals surface area (Å²) in [4.78, 5) is 17.5. The van der Waals surface area contributed by atoms with E-state index in [4.69, 9.17) is 16.1 Å². The quantitative estimate of drug-likeness (QED) is 0.501. The van der Waals surface area contributed by atoms with Crippen LogP contribution in [0.5, 0.6) is 0 Å². The highest BCUT2D eigenvalue weighted by atomic mass is 35.5. The lowest BCUT2D eigenvalue weighted by atomic mass is 10.0. The van der Waals surface area contributed by atoms with Crippen molar-refractivity contribution in [2.45, 2.75) is 32.1 Å². The molecule has 0 saturated heterocycles. The Balaban J connectivity index is 1.78. The first-order chi connectivity index (χ1) is 13.6. The van der Waals surface area contributed by atoms with Gasteiger partial charge in [0.2, 0.25) is 0 Å². The van der Waals surface area contributed by atoms with Gasteiger partial charge in [-0.25, -0.2) is 4.79 Å². The summed E-state index contributed by atoms with van der Waals surface area (Å²) in [6.07, 6.45) is 4.49. The van der Waals surface area contributed by atoms with Crippen molar-refractivity contribution < 1.29 is 4.52 Å². The van der Waals surface area contributed by atoms with Gasteiger partial charge in [-0.15, -0.1) is 0 Å². The topological polar surface area (TPSA) is 60.9 Å². The Kier molecular flexibility index (Phi) is 4.05. The first kappa shape index (κ1) is 17.2. The Bertz CT molecular complexity index is 1250. The van der Waals surface area contributed by atoms with Crippen LogP contribution in [0.3, 0.4) is 0 Å². The molecule has 0 N–H and O–H groups in total. The van der Waals surface area contributed by atoms with Crippen molar-refractivity contribution >= 4 is 22.5 Å². The van der Waals surface area contributed by atoms with Crippen molar-refractivity contribution in [3.05, 3.63) is 86.7 Å². The van der Waals surface area contributed by atoms with Crippen LogP contribution in [0.15, 0.2) is 58.0 Å². The van der Waals surface area contributed by atoms with Crippen LogP contribution in [0, 0.1) is 6.92 Å². The normalized spacial score (nSPS) is 13.9. The summed E-state index contributed by atoms with van der Waals surface area (Å²) in [6.45, 7) is 1.89. The molecule has 6 heteroatoms. The molecule has 0 unspecified atom stereocenters. The number of rotatable bonds is 4. The van der Waals surface area contributed by atoms with Crippen LogP contribution < -0.4 is 5.69 Å². The zero-order valence-electron chi connectivity index (χ0n) is 15.4. The number of hydrogen-bond acceptors (Lipinski definition) is 4. The van der Waals surface area contributed by atoms with Gasteiger partial charge in [-0.3, -0.25) is 4.57 Å². The fourth-order valence-electron chi connectivity index (χ4n) is 3.64. The van der Waals surface area contributed by atoms with E-state index in [1.54, 1.807) is 16.9 Å². The molecule has 0 aliphatic heterocycles. The summed E-state index contributed by atoms with van der Waals surface area (Å²) in [5, 5.41) is 5.39. The minimum absolute atomic E-state index is 0.336. The number of fused-ring (bicyclic) bond motifs is 1. The van der Waals surface area contributed by atoms with Gasteiger partial charge in [0.05, 0.1) is 27.6 Å². The SMILES string of the molecule is Cc1nocc1Cc1nc(=O)n(-c2ccccc2Cl)c2cc(C3CC3)ccc12. The van der Waals surface area contributed by atoms with Gasteiger partial charge < -0.3 is 4.52 Å². The highest BCUT2D eigenvalue weighted by Crippen LogP contribution is 2.41. The zero-order chi connectivity index (χ0) is 19.3. The molecule has 140 valence electrons. The second-order valence-corrected chi connectivity index (χ2v) is 7.69. The average molecular weight is 392 g/mol. The highest BCUT2D eigenvalue weighted by Gasteiger charge is 2.25. The number of aromatic nitrogens is 3. The van der Waals surface area contributed by atoms with Crippen molar-refractivity contribution in [3.63, 3.8) is 0 Å². The predicted molar refractivity (Wildman–Crippen MR) is 108 cm³/mol. The van der Waals surface area contributed by atoms with E-state index in [2.05, 4.69) is 28.3 Å². The second kappa shape index (κ2) is 6.60. The van der Waals surface area contributed by atoms with Crippen molar-refractivity contribution in [2.75, 3.05) is 0 Å². The molecular weight excluding hydrogens is 374 g/mol. The molecule has 1 aliphatic rings. The van der Waals surface area contributed by atoms with Crippen molar-refractivity contribution in [1.29, 1.82) is 0 Å². The molecule has 0 spiro atoms. The maximum atomic E-state index is 13.1. The van der Waals surface area contributed by atoms with Crippen molar-refractivity contribution in [2.24, 2.45) is 0 Å². The molecule has 0 bridgehead atoms. The molecule has 0 amide bonds.